The second-order valence-electron chi connectivity index (χ2n) is 4.60. The van der Waals surface area contributed by atoms with Crippen LogP contribution in [0, 0.1) is 17.6 Å². The zero-order chi connectivity index (χ0) is 13.3. The molecule has 1 aliphatic rings. The molecule has 0 radical (unpaired) electrons. The summed E-state index contributed by atoms with van der Waals surface area (Å²) in [6.45, 7) is 6.08. The number of hydrogen-bond acceptors (Lipinski definition) is 1. The number of benzene rings is 1. The summed E-state index contributed by atoms with van der Waals surface area (Å²) in [6, 6.07) is 3.50. The van der Waals surface area contributed by atoms with Crippen molar-refractivity contribution in [3.05, 3.63) is 48.1 Å². The number of hydrogen-bond donors (Lipinski definition) is 0. The smallest absolute Gasteiger partial charge is 0.223 e. The van der Waals surface area contributed by atoms with Gasteiger partial charge in [-0.1, -0.05) is 12.1 Å². The molecule has 1 aromatic carbocycles. The third-order valence-corrected chi connectivity index (χ3v) is 3.42. The number of carbonyl (C=O) groups is 1. The van der Waals surface area contributed by atoms with E-state index in [0.29, 0.717) is 18.5 Å². The summed E-state index contributed by atoms with van der Waals surface area (Å²) in [4.78, 5) is 13.5. The monoisotopic (exact) mass is 251 g/mol. The topological polar surface area (TPSA) is 20.3 Å². The Bertz CT molecular complexity index is 487. The Morgan fingerprint density at radius 1 is 1.44 bits per heavy atom. The van der Waals surface area contributed by atoms with Crippen molar-refractivity contribution in [1.29, 1.82) is 0 Å². The van der Waals surface area contributed by atoms with Crippen LogP contribution < -0.4 is 0 Å². The van der Waals surface area contributed by atoms with Gasteiger partial charge in [0.15, 0.2) is 11.6 Å². The highest BCUT2D eigenvalue weighted by molar-refractivity contribution is 5.79. The lowest BCUT2D eigenvalue weighted by atomic mass is 10.1. The van der Waals surface area contributed by atoms with Gasteiger partial charge in [-0.25, -0.2) is 8.78 Å². The minimum absolute atomic E-state index is 0.0251. The molecule has 2 nitrogen and oxygen atoms in total. The van der Waals surface area contributed by atoms with E-state index in [9.17, 15) is 13.6 Å². The van der Waals surface area contributed by atoms with Gasteiger partial charge in [0.05, 0.1) is 6.04 Å². The Hall–Kier alpha value is -1.71. The molecular weight excluding hydrogens is 236 g/mol. The van der Waals surface area contributed by atoms with E-state index >= 15 is 0 Å². The van der Waals surface area contributed by atoms with Gasteiger partial charge in [0.25, 0.3) is 0 Å². The van der Waals surface area contributed by atoms with Crippen LogP contribution in [0.25, 0.3) is 0 Å². The van der Waals surface area contributed by atoms with E-state index in [-0.39, 0.29) is 17.9 Å². The van der Waals surface area contributed by atoms with Crippen LogP contribution in [0.4, 0.5) is 8.78 Å². The molecule has 1 amide bonds. The number of halogens is 2. The highest BCUT2D eigenvalue weighted by atomic mass is 19.2. The maximum atomic E-state index is 13.2. The lowest BCUT2D eigenvalue weighted by Crippen LogP contribution is -2.28. The molecule has 1 aliphatic heterocycles. The van der Waals surface area contributed by atoms with Crippen molar-refractivity contribution in [3.63, 3.8) is 0 Å². The molecule has 0 aromatic heterocycles. The van der Waals surface area contributed by atoms with E-state index in [1.807, 2.05) is 6.92 Å². The van der Waals surface area contributed by atoms with E-state index in [4.69, 9.17) is 0 Å². The number of amides is 1. The van der Waals surface area contributed by atoms with Crippen LogP contribution in [0.2, 0.25) is 0 Å². The average molecular weight is 251 g/mol. The third kappa shape index (κ3) is 2.28. The average Bonchev–Trinajstić information content (AvgIpc) is 2.73. The normalized spacial score (nSPS) is 21.2. The molecule has 0 spiro atoms. The molecule has 1 heterocycles. The summed E-state index contributed by atoms with van der Waals surface area (Å²) in [5, 5.41) is 0. The number of carbonyl (C=O) groups excluding carboxylic acids is 1. The Morgan fingerprint density at radius 2 is 2.17 bits per heavy atom. The molecule has 18 heavy (non-hydrogen) atoms. The lowest BCUT2D eigenvalue weighted by molar-refractivity contribution is -0.129. The van der Waals surface area contributed by atoms with Crippen molar-refractivity contribution < 1.29 is 13.6 Å². The maximum Gasteiger partial charge on any atom is 0.223 e. The molecule has 0 aliphatic carbocycles. The first-order valence-corrected chi connectivity index (χ1v) is 5.90. The van der Waals surface area contributed by atoms with Crippen LogP contribution in [0.15, 0.2) is 30.9 Å². The third-order valence-electron chi connectivity index (χ3n) is 3.42. The minimum atomic E-state index is -0.883. The Kier molecular flexibility index (Phi) is 3.45. The highest BCUT2D eigenvalue weighted by Gasteiger charge is 2.31. The largest absolute Gasteiger partial charge is 0.335 e. The van der Waals surface area contributed by atoms with Crippen LogP contribution >= 0.6 is 0 Å². The molecule has 0 N–H and O–H groups in total. The summed E-state index contributed by atoms with van der Waals surface area (Å²) >= 11 is 0. The minimum Gasteiger partial charge on any atom is -0.335 e. The highest BCUT2D eigenvalue weighted by Crippen LogP contribution is 2.29. The predicted molar refractivity (Wildman–Crippen MR) is 64.8 cm³/mol. The second kappa shape index (κ2) is 4.88. The molecule has 1 aromatic rings. The van der Waals surface area contributed by atoms with Gasteiger partial charge in [-0.3, -0.25) is 4.79 Å². The number of rotatable bonds is 3. The molecule has 0 saturated carbocycles. The van der Waals surface area contributed by atoms with Gasteiger partial charge in [0.2, 0.25) is 5.91 Å². The number of likely N-dealkylation sites (tertiary alicyclic amines) is 1. The summed E-state index contributed by atoms with van der Waals surface area (Å²) in [7, 11) is 0. The van der Waals surface area contributed by atoms with E-state index in [1.54, 1.807) is 11.0 Å². The maximum absolute atomic E-state index is 13.2. The molecule has 2 rings (SSSR count). The standard InChI is InChI=1S/C14H15F2NO/c1-3-10-6-14(18)17(8-10)9(2)11-4-5-12(15)13(16)7-11/h3-5,7,9-10H,1,6,8H2,2H3. The van der Waals surface area contributed by atoms with Crippen LogP contribution in [0.3, 0.4) is 0 Å². The van der Waals surface area contributed by atoms with Crippen LogP contribution in [0.5, 0.6) is 0 Å². The molecule has 2 atom stereocenters. The van der Waals surface area contributed by atoms with Gasteiger partial charge in [-0.2, -0.15) is 0 Å². The Labute approximate surface area is 105 Å². The van der Waals surface area contributed by atoms with Gasteiger partial charge >= 0.3 is 0 Å². The first-order valence-electron chi connectivity index (χ1n) is 5.90. The quantitative estimate of drug-likeness (QED) is 0.756. The fraction of sp³-hybridized carbons (Fsp3) is 0.357. The molecule has 4 heteroatoms. The van der Waals surface area contributed by atoms with E-state index in [0.717, 1.165) is 12.1 Å². The van der Waals surface area contributed by atoms with Gasteiger partial charge in [-0.15, -0.1) is 6.58 Å². The van der Waals surface area contributed by atoms with Crippen LogP contribution in [-0.2, 0) is 4.79 Å². The van der Waals surface area contributed by atoms with Crippen molar-refractivity contribution in [2.75, 3.05) is 6.54 Å². The van der Waals surface area contributed by atoms with Gasteiger partial charge < -0.3 is 4.90 Å². The van der Waals surface area contributed by atoms with Crippen LogP contribution in [-0.4, -0.2) is 17.4 Å². The summed E-state index contributed by atoms with van der Waals surface area (Å²) in [6.07, 6.45) is 2.20. The Morgan fingerprint density at radius 3 is 2.72 bits per heavy atom. The van der Waals surface area contributed by atoms with Gasteiger partial charge in [0, 0.05) is 18.9 Å². The summed E-state index contributed by atoms with van der Waals surface area (Å²) in [5.41, 5.74) is 0.604. The van der Waals surface area contributed by atoms with Gasteiger partial charge in [0.1, 0.15) is 0 Å². The molecule has 96 valence electrons. The second-order valence-corrected chi connectivity index (χ2v) is 4.60. The van der Waals surface area contributed by atoms with Crippen molar-refractivity contribution in [2.24, 2.45) is 5.92 Å². The number of nitrogens with zero attached hydrogens (tertiary/aromatic N) is 1. The lowest BCUT2D eigenvalue weighted by Gasteiger charge is -2.25. The molecule has 2 unspecified atom stereocenters. The molecule has 1 fully saturated rings. The van der Waals surface area contributed by atoms with Gasteiger partial charge in [-0.05, 0) is 24.6 Å². The first-order chi connectivity index (χ1) is 8.52. The van der Waals surface area contributed by atoms with Crippen molar-refractivity contribution in [3.8, 4) is 0 Å². The zero-order valence-electron chi connectivity index (χ0n) is 10.2. The van der Waals surface area contributed by atoms with Crippen molar-refractivity contribution in [1.82, 2.24) is 4.90 Å². The zero-order valence-corrected chi connectivity index (χ0v) is 10.2. The van der Waals surface area contributed by atoms with Crippen LogP contribution in [0.1, 0.15) is 24.9 Å². The van der Waals surface area contributed by atoms with Crippen molar-refractivity contribution in [2.45, 2.75) is 19.4 Å². The van der Waals surface area contributed by atoms with E-state index in [2.05, 4.69) is 6.58 Å². The summed E-state index contributed by atoms with van der Waals surface area (Å²) < 4.78 is 26.0. The summed E-state index contributed by atoms with van der Waals surface area (Å²) in [5.74, 6) is -1.59. The predicted octanol–water partition coefficient (Wildman–Crippen LogP) is 3.06. The fourth-order valence-electron chi connectivity index (χ4n) is 2.24. The van der Waals surface area contributed by atoms with E-state index in [1.165, 1.54) is 6.07 Å². The first kappa shape index (κ1) is 12.7. The fourth-order valence-corrected chi connectivity index (χ4v) is 2.24. The van der Waals surface area contributed by atoms with E-state index < -0.39 is 11.6 Å². The Balaban J connectivity index is 2.20. The molecule has 0 bridgehead atoms. The van der Waals surface area contributed by atoms with Crippen molar-refractivity contribution >= 4 is 5.91 Å². The molecular formula is C14H15F2NO. The molecule has 1 saturated heterocycles. The SMILES string of the molecule is C=CC1CC(=O)N(C(C)c2ccc(F)c(F)c2)C1.